The van der Waals surface area contributed by atoms with Gasteiger partial charge in [0.15, 0.2) is 0 Å². The van der Waals surface area contributed by atoms with Gasteiger partial charge in [-0.3, -0.25) is 4.98 Å². The number of aromatic nitrogens is 1. The number of aryl methyl sites for hydroxylation is 1. The molecule has 0 saturated heterocycles. The Morgan fingerprint density at radius 1 is 0.955 bits per heavy atom. The van der Waals surface area contributed by atoms with Gasteiger partial charge in [0.25, 0.3) is 0 Å². The summed E-state index contributed by atoms with van der Waals surface area (Å²) >= 11 is 0. The maximum absolute atomic E-state index is 12.4. The summed E-state index contributed by atoms with van der Waals surface area (Å²) in [7, 11) is -3.53. The van der Waals surface area contributed by atoms with E-state index in [4.69, 9.17) is 0 Å². The van der Waals surface area contributed by atoms with Gasteiger partial charge in [-0.2, -0.15) is 0 Å². The van der Waals surface area contributed by atoms with Crippen LogP contribution < -0.4 is 4.72 Å². The van der Waals surface area contributed by atoms with Crippen molar-refractivity contribution in [2.24, 2.45) is 0 Å². The van der Waals surface area contributed by atoms with Crippen molar-refractivity contribution < 1.29 is 8.42 Å². The summed E-state index contributed by atoms with van der Waals surface area (Å²) in [6, 6.07) is 14.7. The van der Waals surface area contributed by atoms with E-state index in [0.29, 0.717) is 0 Å². The minimum atomic E-state index is -3.53. The lowest BCUT2D eigenvalue weighted by Gasteiger charge is -2.08. The zero-order chi connectivity index (χ0) is 15.6. The van der Waals surface area contributed by atoms with Crippen molar-refractivity contribution in [1.82, 2.24) is 9.71 Å². The summed E-state index contributed by atoms with van der Waals surface area (Å²) in [5.74, 6) is 0. The van der Waals surface area contributed by atoms with Crippen LogP contribution >= 0.6 is 0 Å². The van der Waals surface area contributed by atoms with E-state index in [-0.39, 0.29) is 11.4 Å². The molecule has 0 saturated carbocycles. The van der Waals surface area contributed by atoms with Gasteiger partial charge in [0.05, 0.1) is 4.90 Å². The number of sulfonamides is 1. The smallest absolute Gasteiger partial charge is 0.240 e. The molecule has 1 aromatic heterocycles. The van der Waals surface area contributed by atoms with Gasteiger partial charge in [-0.05, 0) is 47.5 Å². The second-order valence-corrected chi connectivity index (χ2v) is 6.96. The Morgan fingerprint density at radius 2 is 1.68 bits per heavy atom. The van der Waals surface area contributed by atoms with Crippen molar-refractivity contribution in [1.29, 1.82) is 0 Å². The molecule has 5 heteroatoms. The Balaban J connectivity index is 1.88. The molecule has 0 spiro atoms. The number of hydrogen-bond donors (Lipinski definition) is 1. The van der Waals surface area contributed by atoms with Crippen LogP contribution in [0.5, 0.6) is 0 Å². The predicted octanol–water partition coefficient (Wildman–Crippen LogP) is 3.02. The van der Waals surface area contributed by atoms with E-state index in [1.165, 1.54) is 0 Å². The first-order valence-corrected chi connectivity index (χ1v) is 8.42. The van der Waals surface area contributed by atoms with Crippen LogP contribution in [0.1, 0.15) is 11.1 Å². The Kier molecular flexibility index (Phi) is 3.92. The molecule has 4 nitrogen and oxygen atoms in total. The number of fused-ring (bicyclic) bond motifs is 1. The zero-order valence-electron chi connectivity index (χ0n) is 12.2. The van der Waals surface area contributed by atoms with Crippen molar-refractivity contribution in [2.75, 3.05) is 0 Å². The summed E-state index contributed by atoms with van der Waals surface area (Å²) < 4.78 is 27.4. The third kappa shape index (κ3) is 3.16. The Morgan fingerprint density at radius 3 is 2.45 bits per heavy atom. The topological polar surface area (TPSA) is 59.1 Å². The van der Waals surface area contributed by atoms with E-state index in [1.807, 2.05) is 31.2 Å². The molecule has 3 rings (SSSR count). The van der Waals surface area contributed by atoms with Crippen LogP contribution in [0, 0.1) is 6.92 Å². The standard InChI is InChI=1S/C17H16N2O2S/c1-13-2-3-15-4-5-17(11-16(15)10-13)22(20,21)19-12-14-6-8-18-9-7-14/h2-11,19H,12H2,1H3. The Bertz CT molecular complexity index is 906. The lowest BCUT2D eigenvalue weighted by Crippen LogP contribution is -2.23. The molecule has 22 heavy (non-hydrogen) atoms. The maximum Gasteiger partial charge on any atom is 0.240 e. The molecule has 1 N–H and O–H groups in total. The normalized spacial score (nSPS) is 11.7. The van der Waals surface area contributed by atoms with Crippen molar-refractivity contribution >= 4 is 20.8 Å². The second kappa shape index (κ2) is 5.87. The molecular formula is C17H16N2O2S. The molecule has 3 aromatic rings. The summed E-state index contributed by atoms with van der Waals surface area (Å²) in [5.41, 5.74) is 1.97. The number of hydrogen-bond acceptors (Lipinski definition) is 3. The Labute approximate surface area is 129 Å². The third-order valence-electron chi connectivity index (χ3n) is 3.49. The molecule has 0 fully saturated rings. The monoisotopic (exact) mass is 312 g/mol. The summed E-state index contributed by atoms with van der Waals surface area (Å²) in [4.78, 5) is 4.19. The van der Waals surface area contributed by atoms with Gasteiger partial charge < -0.3 is 0 Å². The predicted molar refractivity (Wildman–Crippen MR) is 86.9 cm³/mol. The SMILES string of the molecule is Cc1ccc2ccc(S(=O)(=O)NCc3ccncc3)cc2c1. The Hall–Kier alpha value is -2.24. The minimum Gasteiger partial charge on any atom is -0.265 e. The average molecular weight is 312 g/mol. The molecule has 0 radical (unpaired) electrons. The van der Waals surface area contributed by atoms with Crippen molar-refractivity contribution in [3.63, 3.8) is 0 Å². The van der Waals surface area contributed by atoms with Crippen molar-refractivity contribution in [3.8, 4) is 0 Å². The largest absolute Gasteiger partial charge is 0.265 e. The molecule has 0 atom stereocenters. The van der Waals surface area contributed by atoms with Crippen LogP contribution in [0.4, 0.5) is 0 Å². The van der Waals surface area contributed by atoms with Crippen LogP contribution in [0.15, 0.2) is 65.8 Å². The first-order chi connectivity index (χ1) is 10.5. The van der Waals surface area contributed by atoms with E-state index < -0.39 is 10.0 Å². The zero-order valence-corrected chi connectivity index (χ0v) is 13.0. The molecule has 0 amide bonds. The third-order valence-corrected chi connectivity index (χ3v) is 4.89. The van der Waals surface area contributed by atoms with Crippen LogP contribution in [-0.4, -0.2) is 13.4 Å². The van der Waals surface area contributed by atoms with Crippen LogP contribution in [0.2, 0.25) is 0 Å². The molecule has 112 valence electrons. The number of benzene rings is 2. The average Bonchev–Trinajstić information content (AvgIpc) is 2.53. The molecule has 0 aliphatic heterocycles. The summed E-state index contributed by atoms with van der Waals surface area (Å²) in [5, 5.41) is 1.95. The fourth-order valence-corrected chi connectivity index (χ4v) is 3.33. The number of nitrogens with zero attached hydrogens (tertiary/aromatic N) is 1. The molecule has 0 aliphatic carbocycles. The van der Waals surface area contributed by atoms with E-state index in [0.717, 1.165) is 21.9 Å². The van der Waals surface area contributed by atoms with Gasteiger partial charge >= 0.3 is 0 Å². The van der Waals surface area contributed by atoms with Gasteiger partial charge in [0.2, 0.25) is 10.0 Å². The van der Waals surface area contributed by atoms with Gasteiger partial charge in [-0.15, -0.1) is 0 Å². The van der Waals surface area contributed by atoms with E-state index in [2.05, 4.69) is 9.71 Å². The van der Waals surface area contributed by atoms with E-state index >= 15 is 0 Å². The lowest BCUT2D eigenvalue weighted by molar-refractivity contribution is 0.581. The maximum atomic E-state index is 12.4. The molecule has 1 heterocycles. The lowest BCUT2D eigenvalue weighted by atomic mass is 10.1. The fourth-order valence-electron chi connectivity index (χ4n) is 2.27. The van der Waals surface area contributed by atoms with Crippen molar-refractivity contribution in [3.05, 3.63) is 72.1 Å². The highest BCUT2D eigenvalue weighted by Crippen LogP contribution is 2.20. The highest BCUT2D eigenvalue weighted by molar-refractivity contribution is 7.89. The van der Waals surface area contributed by atoms with Gasteiger partial charge in [0.1, 0.15) is 0 Å². The van der Waals surface area contributed by atoms with Gasteiger partial charge in [-0.1, -0.05) is 29.8 Å². The van der Waals surface area contributed by atoms with Crippen LogP contribution in [-0.2, 0) is 16.6 Å². The first kappa shape index (κ1) is 14.7. The van der Waals surface area contributed by atoms with E-state index in [9.17, 15) is 8.42 Å². The number of rotatable bonds is 4. The summed E-state index contributed by atoms with van der Waals surface area (Å²) in [6.07, 6.45) is 3.28. The fraction of sp³-hybridized carbons (Fsp3) is 0.118. The van der Waals surface area contributed by atoms with Gasteiger partial charge in [-0.25, -0.2) is 13.1 Å². The van der Waals surface area contributed by atoms with Crippen LogP contribution in [0.25, 0.3) is 10.8 Å². The molecular weight excluding hydrogens is 296 g/mol. The highest BCUT2D eigenvalue weighted by atomic mass is 32.2. The second-order valence-electron chi connectivity index (χ2n) is 5.19. The van der Waals surface area contributed by atoms with E-state index in [1.54, 1.807) is 36.7 Å². The highest BCUT2D eigenvalue weighted by Gasteiger charge is 2.14. The quantitative estimate of drug-likeness (QED) is 0.805. The number of nitrogens with one attached hydrogen (secondary N) is 1. The van der Waals surface area contributed by atoms with Crippen molar-refractivity contribution in [2.45, 2.75) is 18.4 Å². The molecule has 2 aromatic carbocycles. The molecule has 0 bridgehead atoms. The molecule has 0 aliphatic rings. The minimum absolute atomic E-state index is 0.247. The van der Waals surface area contributed by atoms with Crippen LogP contribution in [0.3, 0.4) is 0 Å². The van der Waals surface area contributed by atoms with Gasteiger partial charge in [0, 0.05) is 18.9 Å². The number of pyridine rings is 1. The summed E-state index contributed by atoms with van der Waals surface area (Å²) in [6.45, 7) is 2.24. The molecule has 0 unspecified atom stereocenters. The first-order valence-electron chi connectivity index (χ1n) is 6.94.